The molecule has 136 valence electrons. The fourth-order valence-corrected chi connectivity index (χ4v) is 2.56. The Balaban J connectivity index is 1.83. The zero-order valence-corrected chi connectivity index (χ0v) is 15.0. The largest absolute Gasteiger partial charge is 0.492 e. The van der Waals surface area contributed by atoms with Crippen molar-refractivity contribution in [3.05, 3.63) is 65.9 Å². The summed E-state index contributed by atoms with van der Waals surface area (Å²) in [4.78, 5) is 30.9. The Bertz CT molecular complexity index is 963. The van der Waals surface area contributed by atoms with E-state index in [2.05, 4.69) is 15.3 Å². The zero-order chi connectivity index (χ0) is 19.1. The van der Waals surface area contributed by atoms with Crippen LogP contribution in [-0.4, -0.2) is 35.0 Å². The minimum atomic E-state index is 0.320. The van der Waals surface area contributed by atoms with Crippen molar-refractivity contribution in [3.63, 3.8) is 0 Å². The molecule has 0 radical (unpaired) electrons. The SMILES string of the molecule is O=Cc1cccc(-c2ccnc(Nc3ccc(OCCCl)c(C=O)c3)n2)c1. The lowest BCUT2D eigenvalue weighted by Crippen LogP contribution is -2.02. The van der Waals surface area contributed by atoms with E-state index in [4.69, 9.17) is 16.3 Å². The number of aromatic nitrogens is 2. The smallest absolute Gasteiger partial charge is 0.227 e. The maximum Gasteiger partial charge on any atom is 0.227 e. The first-order chi connectivity index (χ1) is 13.2. The molecule has 2 aromatic carbocycles. The summed E-state index contributed by atoms with van der Waals surface area (Å²) in [7, 11) is 0. The predicted molar refractivity (Wildman–Crippen MR) is 104 cm³/mol. The third-order valence-corrected chi connectivity index (χ3v) is 3.86. The van der Waals surface area contributed by atoms with Crippen LogP contribution in [0.3, 0.4) is 0 Å². The molecule has 0 atom stereocenters. The second-order valence-electron chi connectivity index (χ2n) is 5.54. The molecule has 7 heteroatoms. The van der Waals surface area contributed by atoms with Gasteiger partial charge in [-0.3, -0.25) is 9.59 Å². The van der Waals surface area contributed by atoms with Crippen LogP contribution < -0.4 is 10.1 Å². The van der Waals surface area contributed by atoms with Crippen molar-refractivity contribution in [2.75, 3.05) is 17.8 Å². The number of nitrogens with one attached hydrogen (secondary N) is 1. The second-order valence-corrected chi connectivity index (χ2v) is 5.92. The second kappa shape index (κ2) is 8.91. The maximum absolute atomic E-state index is 11.3. The first-order valence-corrected chi connectivity index (χ1v) is 8.70. The Hall–Kier alpha value is -3.25. The lowest BCUT2D eigenvalue weighted by molar-refractivity contribution is 0.111. The summed E-state index contributed by atoms with van der Waals surface area (Å²) in [5.74, 6) is 1.18. The summed E-state index contributed by atoms with van der Waals surface area (Å²) < 4.78 is 5.43. The van der Waals surface area contributed by atoms with E-state index >= 15 is 0 Å². The average molecular weight is 382 g/mol. The molecule has 6 nitrogen and oxygen atoms in total. The van der Waals surface area contributed by atoms with E-state index in [9.17, 15) is 9.59 Å². The van der Waals surface area contributed by atoms with E-state index in [0.29, 0.717) is 46.7 Å². The Morgan fingerprint density at radius 1 is 1.07 bits per heavy atom. The molecule has 1 heterocycles. The lowest BCUT2D eigenvalue weighted by Gasteiger charge is -2.10. The molecular weight excluding hydrogens is 366 g/mol. The van der Waals surface area contributed by atoms with Crippen molar-refractivity contribution >= 4 is 35.8 Å². The lowest BCUT2D eigenvalue weighted by atomic mass is 10.1. The number of alkyl halides is 1. The quantitative estimate of drug-likeness (QED) is 0.466. The van der Waals surface area contributed by atoms with Crippen LogP contribution in [0.4, 0.5) is 11.6 Å². The number of carbonyl (C=O) groups is 2. The molecule has 0 aliphatic rings. The summed E-state index contributed by atoms with van der Waals surface area (Å²) in [6.45, 7) is 0.320. The molecule has 0 saturated heterocycles. The third kappa shape index (κ3) is 4.68. The van der Waals surface area contributed by atoms with E-state index < -0.39 is 0 Å². The van der Waals surface area contributed by atoms with Gasteiger partial charge in [0, 0.05) is 23.0 Å². The first kappa shape index (κ1) is 18.5. The van der Waals surface area contributed by atoms with Crippen molar-refractivity contribution in [1.82, 2.24) is 9.97 Å². The molecule has 0 spiro atoms. The molecule has 1 N–H and O–H groups in total. The monoisotopic (exact) mass is 381 g/mol. The van der Waals surface area contributed by atoms with Gasteiger partial charge in [-0.15, -0.1) is 11.6 Å². The molecule has 0 saturated carbocycles. The molecule has 1 aromatic heterocycles. The Kier molecular flexibility index (Phi) is 6.12. The van der Waals surface area contributed by atoms with Gasteiger partial charge in [-0.1, -0.05) is 18.2 Å². The van der Waals surface area contributed by atoms with E-state index in [1.807, 2.05) is 6.07 Å². The molecule has 3 rings (SSSR count). The standard InChI is InChI=1S/C20H16ClN3O3/c21-7-9-27-19-5-4-17(11-16(19)13-26)23-20-22-8-6-18(24-20)15-3-1-2-14(10-15)12-25/h1-6,8,10-13H,7,9H2,(H,22,23,24). The van der Waals surface area contributed by atoms with Crippen LogP contribution in [0.2, 0.25) is 0 Å². The van der Waals surface area contributed by atoms with E-state index in [-0.39, 0.29) is 0 Å². The van der Waals surface area contributed by atoms with Gasteiger partial charge in [0.15, 0.2) is 6.29 Å². The molecule has 0 aliphatic heterocycles. The van der Waals surface area contributed by atoms with Crippen LogP contribution >= 0.6 is 11.6 Å². The molecule has 0 bridgehead atoms. The molecular formula is C20H16ClN3O3. The first-order valence-electron chi connectivity index (χ1n) is 8.17. The van der Waals surface area contributed by atoms with E-state index in [1.54, 1.807) is 48.7 Å². The highest BCUT2D eigenvalue weighted by atomic mass is 35.5. The summed E-state index contributed by atoms with van der Waals surface area (Å²) in [6, 6.07) is 14.0. The van der Waals surface area contributed by atoms with E-state index in [0.717, 1.165) is 18.1 Å². The van der Waals surface area contributed by atoms with Gasteiger partial charge in [-0.2, -0.15) is 0 Å². The van der Waals surface area contributed by atoms with Gasteiger partial charge in [0.05, 0.1) is 17.1 Å². The van der Waals surface area contributed by atoms with Crippen molar-refractivity contribution < 1.29 is 14.3 Å². The van der Waals surface area contributed by atoms with Crippen LogP contribution in [0.1, 0.15) is 20.7 Å². The number of carbonyl (C=O) groups excluding carboxylic acids is 2. The topological polar surface area (TPSA) is 81.2 Å². The van der Waals surface area contributed by atoms with Gasteiger partial charge in [0.2, 0.25) is 5.95 Å². The van der Waals surface area contributed by atoms with Crippen LogP contribution in [-0.2, 0) is 0 Å². The van der Waals surface area contributed by atoms with Crippen LogP contribution in [0.15, 0.2) is 54.7 Å². The Morgan fingerprint density at radius 2 is 1.96 bits per heavy atom. The van der Waals surface area contributed by atoms with Gasteiger partial charge in [-0.05, 0) is 30.3 Å². The molecule has 0 aliphatic carbocycles. The fourth-order valence-electron chi connectivity index (χ4n) is 2.48. The molecule has 0 amide bonds. The minimum absolute atomic E-state index is 0.320. The predicted octanol–water partition coefficient (Wildman–Crippen LogP) is 4.13. The number of ether oxygens (including phenoxy) is 1. The van der Waals surface area contributed by atoms with Crippen molar-refractivity contribution in [2.45, 2.75) is 0 Å². The van der Waals surface area contributed by atoms with Crippen LogP contribution in [0, 0.1) is 0 Å². The average Bonchev–Trinajstić information content (AvgIpc) is 2.73. The van der Waals surface area contributed by atoms with E-state index in [1.165, 1.54) is 0 Å². The summed E-state index contributed by atoms with van der Waals surface area (Å²) in [5, 5.41) is 3.07. The number of aldehydes is 2. The number of benzene rings is 2. The van der Waals surface area contributed by atoms with Crippen molar-refractivity contribution in [1.29, 1.82) is 0 Å². The van der Waals surface area contributed by atoms with Crippen LogP contribution in [0.25, 0.3) is 11.3 Å². The normalized spacial score (nSPS) is 10.3. The number of anilines is 2. The molecule has 0 unspecified atom stereocenters. The molecule has 0 fully saturated rings. The highest BCUT2D eigenvalue weighted by Gasteiger charge is 2.07. The summed E-state index contributed by atoms with van der Waals surface area (Å²) >= 11 is 5.61. The highest BCUT2D eigenvalue weighted by Crippen LogP contribution is 2.24. The van der Waals surface area contributed by atoms with Gasteiger partial charge in [-0.25, -0.2) is 9.97 Å². The number of nitrogens with zero attached hydrogens (tertiary/aromatic N) is 2. The summed E-state index contributed by atoms with van der Waals surface area (Å²) in [5.41, 5.74) is 3.11. The minimum Gasteiger partial charge on any atom is -0.492 e. The molecule has 3 aromatic rings. The number of rotatable bonds is 8. The zero-order valence-electron chi connectivity index (χ0n) is 14.3. The Morgan fingerprint density at radius 3 is 2.74 bits per heavy atom. The van der Waals surface area contributed by atoms with Gasteiger partial charge in [0.1, 0.15) is 18.6 Å². The maximum atomic E-state index is 11.3. The van der Waals surface area contributed by atoms with Crippen molar-refractivity contribution in [2.24, 2.45) is 0 Å². The number of hydrogen-bond acceptors (Lipinski definition) is 6. The molecule has 27 heavy (non-hydrogen) atoms. The van der Waals surface area contributed by atoms with Crippen molar-refractivity contribution in [3.8, 4) is 17.0 Å². The van der Waals surface area contributed by atoms with Gasteiger partial charge >= 0.3 is 0 Å². The van der Waals surface area contributed by atoms with Gasteiger partial charge in [0.25, 0.3) is 0 Å². The van der Waals surface area contributed by atoms with Gasteiger partial charge < -0.3 is 10.1 Å². The van der Waals surface area contributed by atoms with Crippen LogP contribution in [0.5, 0.6) is 5.75 Å². The number of halogens is 1. The third-order valence-electron chi connectivity index (χ3n) is 3.70. The number of hydrogen-bond donors (Lipinski definition) is 1. The fraction of sp³-hybridized carbons (Fsp3) is 0.100. The Labute approximate surface area is 161 Å². The summed E-state index contributed by atoms with van der Waals surface area (Å²) in [6.07, 6.45) is 3.13. The highest BCUT2D eigenvalue weighted by molar-refractivity contribution is 6.18.